The monoisotopic (exact) mass is 371 g/mol. The summed E-state index contributed by atoms with van der Waals surface area (Å²) in [5, 5.41) is 4.59. The van der Waals surface area contributed by atoms with Crippen LogP contribution in [0.15, 0.2) is 0 Å². The number of ether oxygens (including phenoxy) is 2. The fraction of sp³-hybridized carbons (Fsp3) is 0.765. The molecule has 0 aromatic carbocycles. The van der Waals surface area contributed by atoms with Crippen molar-refractivity contribution in [3.8, 4) is 0 Å². The van der Waals surface area contributed by atoms with Crippen LogP contribution in [0.3, 0.4) is 0 Å². The number of urea groups is 1. The minimum Gasteiger partial charge on any atom is -0.454 e. The summed E-state index contributed by atoms with van der Waals surface area (Å²) < 4.78 is 10.2. The SMILES string of the molecule is CC(C)CNC(=O)NC(=O)COC(=O)[C@@H]1CCCN1C(=O)OC(C)(C)C. The number of imide groups is 1. The van der Waals surface area contributed by atoms with Crippen LogP contribution < -0.4 is 10.6 Å². The highest BCUT2D eigenvalue weighted by Crippen LogP contribution is 2.21. The van der Waals surface area contributed by atoms with Gasteiger partial charge in [0.25, 0.3) is 5.91 Å². The summed E-state index contributed by atoms with van der Waals surface area (Å²) in [6, 6.07) is -1.43. The van der Waals surface area contributed by atoms with Gasteiger partial charge in [-0.2, -0.15) is 0 Å². The second-order valence-electron chi connectivity index (χ2n) is 7.59. The first-order valence-electron chi connectivity index (χ1n) is 8.73. The number of likely N-dealkylation sites (tertiary alicyclic amines) is 1. The van der Waals surface area contributed by atoms with E-state index in [1.54, 1.807) is 20.8 Å². The van der Waals surface area contributed by atoms with E-state index in [0.29, 0.717) is 25.9 Å². The molecule has 0 unspecified atom stereocenters. The molecular weight excluding hydrogens is 342 g/mol. The molecule has 0 aliphatic carbocycles. The molecule has 148 valence electrons. The molecule has 0 aromatic rings. The third-order valence-corrected chi connectivity index (χ3v) is 3.42. The molecule has 26 heavy (non-hydrogen) atoms. The minimum absolute atomic E-state index is 0.245. The normalized spacial score (nSPS) is 17.0. The van der Waals surface area contributed by atoms with E-state index in [1.165, 1.54) is 4.90 Å². The van der Waals surface area contributed by atoms with Crippen LogP contribution >= 0.6 is 0 Å². The van der Waals surface area contributed by atoms with Crippen LogP contribution in [-0.2, 0) is 19.1 Å². The number of hydrogen-bond donors (Lipinski definition) is 2. The van der Waals surface area contributed by atoms with Crippen molar-refractivity contribution < 1.29 is 28.7 Å². The van der Waals surface area contributed by atoms with E-state index in [-0.39, 0.29) is 5.92 Å². The van der Waals surface area contributed by atoms with E-state index >= 15 is 0 Å². The second-order valence-corrected chi connectivity index (χ2v) is 7.59. The molecule has 0 saturated carbocycles. The summed E-state index contributed by atoms with van der Waals surface area (Å²) in [5.74, 6) is -1.18. The summed E-state index contributed by atoms with van der Waals surface area (Å²) in [6.45, 7) is 9.27. The molecule has 1 aliphatic rings. The molecule has 9 heteroatoms. The van der Waals surface area contributed by atoms with Crippen LogP contribution in [0, 0.1) is 5.92 Å². The fourth-order valence-corrected chi connectivity index (χ4v) is 2.29. The fourth-order valence-electron chi connectivity index (χ4n) is 2.29. The van der Waals surface area contributed by atoms with Crippen molar-refractivity contribution in [1.29, 1.82) is 0 Å². The zero-order valence-corrected chi connectivity index (χ0v) is 16.1. The average molecular weight is 371 g/mol. The highest BCUT2D eigenvalue weighted by molar-refractivity contribution is 5.95. The number of carbonyl (C=O) groups excluding carboxylic acids is 4. The van der Waals surface area contributed by atoms with Gasteiger partial charge < -0.3 is 14.8 Å². The molecule has 1 rings (SSSR count). The molecule has 1 saturated heterocycles. The Bertz CT molecular complexity index is 541. The van der Waals surface area contributed by atoms with E-state index in [9.17, 15) is 19.2 Å². The van der Waals surface area contributed by atoms with Crippen LogP contribution in [0.2, 0.25) is 0 Å². The third-order valence-electron chi connectivity index (χ3n) is 3.42. The quantitative estimate of drug-likeness (QED) is 0.706. The van der Waals surface area contributed by atoms with Crippen LogP contribution in [0.4, 0.5) is 9.59 Å². The largest absolute Gasteiger partial charge is 0.454 e. The van der Waals surface area contributed by atoms with Crippen molar-refractivity contribution in [2.45, 2.75) is 59.1 Å². The topological polar surface area (TPSA) is 114 Å². The summed E-state index contributed by atoms with van der Waals surface area (Å²) >= 11 is 0. The van der Waals surface area contributed by atoms with Crippen LogP contribution in [-0.4, -0.2) is 60.2 Å². The Labute approximate surface area is 153 Å². The number of rotatable bonds is 5. The Morgan fingerprint density at radius 2 is 1.85 bits per heavy atom. The lowest BCUT2D eigenvalue weighted by Gasteiger charge is -2.27. The zero-order valence-electron chi connectivity index (χ0n) is 16.1. The Morgan fingerprint density at radius 3 is 2.42 bits per heavy atom. The molecule has 9 nitrogen and oxygen atoms in total. The first-order chi connectivity index (χ1) is 12.0. The van der Waals surface area contributed by atoms with Gasteiger partial charge in [0, 0.05) is 13.1 Å². The van der Waals surface area contributed by atoms with Gasteiger partial charge in [-0.25, -0.2) is 14.4 Å². The van der Waals surface area contributed by atoms with E-state index in [0.717, 1.165) is 0 Å². The van der Waals surface area contributed by atoms with Gasteiger partial charge in [0.15, 0.2) is 6.61 Å². The minimum atomic E-state index is -0.785. The van der Waals surface area contributed by atoms with Gasteiger partial charge >= 0.3 is 18.1 Å². The van der Waals surface area contributed by atoms with Crippen LogP contribution in [0.1, 0.15) is 47.5 Å². The molecule has 0 bridgehead atoms. The van der Waals surface area contributed by atoms with Crippen molar-refractivity contribution in [2.24, 2.45) is 5.92 Å². The van der Waals surface area contributed by atoms with Crippen molar-refractivity contribution in [3.63, 3.8) is 0 Å². The van der Waals surface area contributed by atoms with E-state index < -0.39 is 42.3 Å². The molecule has 1 aliphatic heterocycles. The maximum absolute atomic E-state index is 12.2. The van der Waals surface area contributed by atoms with Gasteiger partial charge in [-0.15, -0.1) is 0 Å². The number of nitrogens with one attached hydrogen (secondary N) is 2. The first kappa shape index (κ1) is 21.7. The lowest BCUT2D eigenvalue weighted by molar-refractivity contribution is -0.152. The molecule has 1 heterocycles. The second kappa shape index (κ2) is 9.40. The average Bonchev–Trinajstić information content (AvgIpc) is 2.98. The number of nitrogens with zero attached hydrogens (tertiary/aromatic N) is 1. The highest BCUT2D eigenvalue weighted by atomic mass is 16.6. The first-order valence-corrected chi connectivity index (χ1v) is 8.73. The van der Waals surface area contributed by atoms with Gasteiger partial charge in [0.05, 0.1) is 0 Å². The number of hydrogen-bond acceptors (Lipinski definition) is 6. The predicted octanol–water partition coefficient (Wildman–Crippen LogP) is 1.41. The summed E-state index contributed by atoms with van der Waals surface area (Å²) in [5.41, 5.74) is -0.669. The standard InChI is InChI=1S/C17H29N3O6/c1-11(2)9-18-15(23)19-13(21)10-25-14(22)12-7-6-8-20(12)16(24)26-17(3,4)5/h11-12H,6-10H2,1-5H3,(H2,18,19,21,23)/t12-/m0/s1. The predicted molar refractivity (Wildman–Crippen MR) is 93.3 cm³/mol. The number of amides is 4. The molecule has 2 N–H and O–H groups in total. The Hall–Kier alpha value is -2.32. The van der Waals surface area contributed by atoms with E-state index in [4.69, 9.17) is 9.47 Å². The molecule has 0 radical (unpaired) electrons. The summed E-state index contributed by atoms with van der Waals surface area (Å²) in [4.78, 5) is 48.8. The third kappa shape index (κ3) is 7.71. The van der Waals surface area contributed by atoms with Gasteiger partial charge in [-0.1, -0.05) is 13.8 Å². The molecular formula is C17H29N3O6. The zero-order chi connectivity index (χ0) is 19.9. The van der Waals surface area contributed by atoms with Gasteiger partial charge in [-0.05, 0) is 39.5 Å². The Kier molecular flexibility index (Phi) is 7.85. The molecule has 0 aromatic heterocycles. The van der Waals surface area contributed by atoms with Crippen LogP contribution in [0.5, 0.6) is 0 Å². The van der Waals surface area contributed by atoms with E-state index in [1.807, 2.05) is 13.8 Å². The van der Waals surface area contributed by atoms with Crippen molar-refractivity contribution in [2.75, 3.05) is 19.7 Å². The highest BCUT2D eigenvalue weighted by Gasteiger charge is 2.37. The Morgan fingerprint density at radius 1 is 1.19 bits per heavy atom. The lowest BCUT2D eigenvalue weighted by atomic mass is 10.2. The van der Waals surface area contributed by atoms with Crippen LogP contribution in [0.25, 0.3) is 0 Å². The molecule has 1 fully saturated rings. The lowest BCUT2D eigenvalue weighted by Crippen LogP contribution is -2.46. The van der Waals surface area contributed by atoms with Crippen molar-refractivity contribution in [1.82, 2.24) is 15.5 Å². The molecule has 4 amide bonds. The van der Waals surface area contributed by atoms with Crippen molar-refractivity contribution >= 4 is 24.0 Å². The van der Waals surface area contributed by atoms with Crippen molar-refractivity contribution in [3.05, 3.63) is 0 Å². The van der Waals surface area contributed by atoms with Gasteiger partial charge in [0.1, 0.15) is 11.6 Å². The van der Waals surface area contributed by atoms with E-state index in [2.05, 4.69) is 10.6 Å². The summed E-state index contributed by atoms with van der Waals surface area (Å²) in [6.07, 6.45) is 0.492. The Balaban J connectivity index is 2.45. The van der Waals surface area contributed by atoms with Gasteiger partial charge in [-0.3, -0.25) is 15.0 Å². The maximum atomic E-state index is 12.2. The maximum Gasteiger partial charge on any atom is 0.411 e. The molecule has 0 spiro atoms. The smallest absolute Gasteiger partial charge is 0.411 e. The number of carbonyl (C=O) groups is 4. The summed E-state index contributed by atoms with van der Waals surface area (Å²) in [7, 11) is 0. The number of esters is 1. The molecule has 1 atom stereocenters. The van der Waals surface area contributed by atoms with Gasteiger partial charge in [0.2, 0.25) is 0 Å².